The van der Waals surface area contributed by atoms with E-state index in [1.807, 2.05) is 0 Å². The van der Waals surface area contributed by atoms with Crippen LogP contribution in [0.3, 0.4) is 0 Å². The molecular formula is C24H52N4. The number of hydrogen-bond donors (Lipinski definition) is 4. The highest BCUT2D eigenvalue weighted by Crippen LogP contribution is 2.28. The van der Waals surface area contributed by atoms with E-state index in [0.717, 1.165) is 12.8 Å². The van der Waals surface area contributed by atoms with Gasteiger partial charge in [-0.15, -0.1) is 0 Å². The van der Waals surface area contributed by atoms with Gasteiger partial charge >= 0.3 is 0 Å². The van der Waals surface area contributed by atoms with E-state index in [4.69, 9.17) is 5.73 Å². The molecule has 0 atom stereocenters. The van der Waals surface area contributed by atoms with E-state index in [2.05, 4.69) is 78.3 Å². The molecule has 0 aliphatic carbocycles. The summed E-state index contributed by atoms with van der Waals surface area (Å²) in [7, 11) is 0. The summed E-state index contributed by atoms with van der Waals surface area (Å²) in [4.78, 5) is 0. The van der Waals surface area contributed by atoms with Crippen LogP contribution in [-0.4, -0.2) is 40.8 Å². The Morgan fingerprint density at radius 2 is 1.14 bits per heavy atom. The molecule has 2 saturated heterocycles. The molecule has 5 N–H and O–H groups in total. The van der Waals surface area contributed by atoms with Crippen LogP contribution in [0.1, 0.15) is 114 Å². The van der Waals surface area contributed by atoms with Gasteiger partial charge in [-0.2, -0.15) is 0 Å². The number of nitrogens with two attached hydrogens (primary N) is 1. The van der Waals surface area contributed by atoms with Crippen LogP contribution in [0.15, 0.2) is 0 Å². The molecule has 0 aromatic rings. The van der Waals surface area contributed by atoms with Gasteiger partial charge < -0.3 is 21.7 Å². The van der Waals surface area contributed by atoms with Crippen molar-refractivity contribution in [2.75, 3.05) is 6.54 Å². The van der Waals surface area contributed by atoms with Gasteiger partial charge in [0, 0.05) is 34.2 Å². The van der Waals surface area contributed by atoms with Gasteiger partial charge in [-0.1, -0.05) is 26.2 Å². The van der Waals surface area contributed by atoms with Gasteiger partial charge in [0.15, 0.2) is 0 Å². The Morgan fingerprint density at radius 1 is 0.714 bits per heavy atom. The quantitative estimate of drug-likeness (QED) is 0.491. The van der Waals surface area contributed by atoms with Crippen molar-refractivity contribution < 1.29 is 0 Å². The average molecular weight is 397 g/mol. The molecule has 0 spiro atoms. The molecule has 2 fully saturated rings. The minimum atomic E-state index is 0.209. The molecule has 0 saturated carbocycles. The third kappa shape index (κ3) is 10.6. The van der Waals surface area contributed by atoms with Crippen molar-refractivity contribution >= 4 is 0 Å². The van der Waals surface area contributed by atoms with E-state index in [1.54, 1.807) is 0 Å². The lowest BCUT2D eigenvalue weighted by Gasteiger charge is -2.46. The van der Waals surface area contributed by atoms with Crippen molar-refractivity contribution in [3.8, 4) is 0 Å². The van der Waals surface area contributed by atoms with Crippen LogP contribution in [0.5, 0.6) is 0 Å². The third-order valence-corrected chi connectivity index (χ3v) is 5.88. The minimum Gasteiger partial charge on any atom is -0.328 e. The van der Waals surface area contributed by atoms with Gasteiger partial charge in [-0.05, 0) is 94.0 Å². The molecule has 0 unspecified atom stereocenters. The number of unbranched alkanes of at least 4 members (excludes halogenated alkanes) is 3. The number of piperidine rings is 2. The number of rotatable bonds is 6. The Kier molecular flexibility index (Phi) is 9.46. The lowest BCUT2D eigenvalue weighted by Crippen LogP contribution is -2.61. The van der Waals surface area contributed by atoms with E-state index in [-0.39, 0.29) is 22.2 Å². The van der Waals surface area contributed by atoms with E-state index in [0.29, 0.717) is 12.1 Å². The Labute approximate surface area is 176 Å². The van der Waals surface area contributed by atoms with Crippen molar-refractivity contribution in [3.63, 3.8) is 0 Å². The maximum Gasteiger partial charge on any atom is 0.0144 e. The number of nitrogens with one attached hydrogen (secondary N) is 3. The fraction of sp³-hybridized carbons (Fsp3) is 1.00. The van der Waals surface area contributed by atoms with E-state index < -0.39 is 0 Å². The molecule has 168 valence electrons. The zero-order chi connectivity index (χ0) is 21.6. The summed E-state index contributed by atoms with van der Waals surface area (Å²) >= 11 is 0. The Bertz CT molecular complexity index is 422. The van der Waals surface area contributed by atoms with Crippen molar-refractivity contribution in [1.82, 2.24) is 16.0 Å². The van der Waals surface area contributed by atoms with Crippen LogP contribution in [0.2, 0.25) is 0 Å². The Hall–Kier alpha value is -0.160. The van der Waals surface area contributed by atoms with Crippen LogP contribution in [0.4, 0.5) is 0 Å². The third-order valence-electron chi connectivity index (χ3n) is 5.88. The van der Waals surface area contributed by atoms with Gasteiger partial charge in [0.2, 0.25) is 0 Å². The molecular weight excluding hydrogens is 344 g/mol. The molecule has 4 nitrogen and oxygen atoms in total. The molecule has 0 amide bonds. The molecule has 2 aliphatic heterocycles. The summed E-state index contributed by atoms with van der Waals surface area (Å²) < 4.78 is 0. The van der Waals surface area contributed by atoms with Gasteiger partial charge in [0.1, 0.15) is 0 Å². The fourth-order valence-corrected chi connectivity index (χ4v) is 5.73. The molecule has 0 radical (unpaired) electrons. The van der Waals surface area contributed by atoms with Crippen LogP contribution < -0.4 is 21.7 Å². The maximum absolute atomic E-state index is 5.95. The topological polar surface area (TPSA) is 62.1 Å². The Morgan fingerprint density at radius 3 is 1.54 bits per heavy atom. The zero-order valence-electron chi connectivity index (χ0n) is 20.6. The van der Waals surface area contributed by atoms with Crippen molar-refractivity contribution in [2.24, 2.45) is 5.73 Å². The van der Waals surface area contributed by atoms with Crippen LogP contribution in [-0.2, 0) is 0 Å². The molecule has 4 heteroatoms. The standard InChI is InChI=1S/C15H32N2.C9H20N2/c1-6-7-8-9-10-16-13-11-14(2,3)17-15(4,5)12-13;1-8(2)5-7(10)6-9(3,4)11-8/h13,16-17H,6-12H2,1-5H3;7,11H,5-6,10H2,1-4H3. The van der Waals surface area contributed by atoms with Gasteiger partial charge in [-0.3, -0.25) is 0 Å². The zero-order valence-corrected chi connectivity index (χ0v) is 20.6. The largest absolute Gasteiger partial charge is 0.328 e. The summed E-state index contributed by atoms with van der Waals surface area (Å²) in [5.41, 5.74) is 6.90. The van der Waals surface area contributed by atoms with Crippen LogP contribution in [0, 0.1) is 0 Å². The first kappa shape index (κ1) is 25.9. The molecule has 2 aliphatic rings. The smallest absolute Gasteiger partial charge is 0.0144 e. The predicted molar refractivity (Wildman–Crippen MR) is 125 cm³/mol. The second kappa shape index (κ2) is 10.2. The summed E-state index contributed by atoms with van der Waals surface area (Å²) in [6, 6.07) is 1.05. The van der Waals surface area contributed by atoms with E-state index in [1.165, 1.54) is 45.1 Å². The van der Waals surface area contributed by atoms with Crippen LogP contribution >= 0.6 is 0 Å². The molecule has 2 heterocycles. The predicted octanol–water partition coefficient (Wildman–Crippen LogP) is 4.72. The molecule has 0 bridgehead atoms. The SMILES string of the molecule is CC1(C)CC(N)CC(C)(C)N1.CCCCCCNC1CC(C)(C)NC(C)(C)C1. The molecule has 0 aromatic carbocycles. The second-order valence-corrected chi connectivity index (χ2v) is 12.1. The number of hydrogen-bond acceptors (Lipinski definition) is 4. The summed E-state index contributed by atoms with van der Waals surface area (Å²) in [6.07, 6.45) is 10.1. The van der Waals surface area contributed by atoms with Gasteiger partial charge in [0.25, 0.3) is 0 Å². The van der Waals surface area contributed by atoms with Gasteiger partial charge in [-0.25, -0.2) is 0 Å². The Balaban J connectivity index is 0.000000307. The van der Waals surface area contributed by atoms with Crippen molar-refractivity contribution in [3.05, 3.63) is 0 Å². The fourth-order valence-electron chi connectivity index (χ4n) is 5.73. The van der Waals surface area contributed by atoms with E-state index >= 15 is 0 Å². The minimum absolute atomic E-state index is 0.209. The van der Waals surface area contributed by atoms with E-state index in [9.17, 15) is 0 Å². The average Bonchev–Trinajstić information content (AvgIpc) is 2.40. The van der Waals surface area contributed by atoms with Crippen molar-refractivity contribution in [2.45, 2.75) is 148 Å². The summed E-state index contributed by atoms with van der Waals surface area (Å²) in [6.45, 7) is 21.6. The second-order valence-electron chi connectivity index (χ2n) is 12.1. The highest BCUT2D eigenvalue weighted by molar-refractivity contribution is 4.99. The normalized spacial score (nSPS) is 26.4. The van der Waals surface area contributed by atoms with Gasteiger partial charge in [0.05, 0.1) is 0 Å². The monoisotopic (exact) mass is 396 g/mol. The van der Waals surface area contributed by atoms with Crippen molar-refractivity contribution in [1.29, 1.82) is 0 Å². The maximum atomic E-state index is 5.95. The summed E-state index contributed by atoms with van der Waals surface area (Å²) in [5.74, 6) is 0. The lowest BCUT2D eigenvalue weighted by molar-refractivity contribution is 0.146. The first-order chi connectivity index (χ1) is 12.7. The van der Waals surface area contributed by atoms with Crippen LogP contribution in [0.25, 0.3) is 0 Å². The molecule has 0 aromatic heterocycles. The molecule has 2 rings (SSSR count). The highest BCUT2D eigenvalue weighted by Gasteiger charge is 2.37. The summed E-state index contributed by atoms with van der Waals surface area (Å²) in [5, 5.41) is 11.1. The molecule has 28 heavy (non-hydrogen) atoms. The first-order valence-electron chi connectivity index (χ1n) is 11.7. The first-order valence-corrected chi connectivity index (χ1v) is 11.7. The lowest BCUT2D eigenvalue weighted by atomic mass is 9.79. The highest BCUT2D eigenvalue weighted by atomic mass is 15.1.